The third-order valence-corrected chi connectivity index (χ3v) is 3.61. The van der Waals surface area contributed by atoms with Crippen LogP contribution in [0, 0.1) is 5.92 Å². The first-order valence-electron chi connectivity index (χ1n) is 5.24. The number of nitrogens with one attached hydrogen (secondary N) is 2. The lowest BCUT2D eigenvalue weighted by molar-refractivity contribution is 0.560. The molecular formula is C11H18N2O2S. The van der Waals surface area contributed by atoms with Gasteiger partial charge in [0.05, 0.1) is 5.69 Å². The van der Waals surface area contributed by atoms with Crippen molar-refractivity contribution in [3.63, 3.8) is 0 Å². The Kier molecular flexibility index (Phi) is 4.32. The summed E-state index contributed by atoms with van der Waals surface area (Å²) in [5.41, 5.74) is 0.610. The number of hydrogen-bond donors (Lipinski definition) is 2. The van der Waals surface area contributed by atoms with Gasteiger partial charge in [-0.1, -0.05) is 26.0 Å². The van der Waals surface area contributed by atoms with Gasteiger partial charge in [0.1, 0.15) is 4.90 Å². The molecule has 0 saturated heterocycles. The first kappa shape index (κ1) is 13.0. The predicted molar refractivity (Wildman–Crippen MR) is 66.0 cm³/mol. The maximum Gasteiger partial charge on any atom is 0.242 e. The first-order valence-corrected chi connectivity index (χ1v) is 6.72. The Bertz CT molecular complexity index is 441. The molecule has 0 aromatic heterocycles. The minimum Gasteiger partial charge on any atom is -0.387 e. The van der Waals surface area contributed by atoms with Crippen molar-refractivity contribution in [2.45, 2.75) is 18.7 Å². The van der Waals surface area contributed by atoms with Crippen molar-refractivity contribution >= 4 is 15.7 Å². The zero-order chi connectivity index (χ0) is 12.2. The van der Waals surface area contributed by atoms with Gasteiger partial charge in [0.15, 0.2) is 0 Å². The summed E-state index contributed by atoms with van der Waals surface area (Å²) >= 11 is 0. The van der Waals surface area contributed by atoms with E-state index in [2.05, 4.69) is 10.0 Å². The SMILES string of the molecule is CNc1ccccc1S(=O)(=O)NCC(C)C. The number of rotatable bonds is 5. The van der Waals surface area contributed by atoms with Crippen LogP contribution in [-0.2, 0) is 10.0 Å². The smallest absolute Gasteiger partial charge is 0.242 e. The molecule has 5 heteroatoms. The van der Waals surface area contributed by atoms with Crippen LogP contribution < -0.4 is 10.0 Å². The van der Waals surface area contributed by atoms with Crippen molar-refractivity contribution in [3.05, 3.63) is 24.3 Å². The molecule has 0 heterocycles. The zero-order valence-electron chi connectivity index (χ0n) is 9.82. The van der Waals surface area contributed by atoms with Crippen molar-refractivity contribution in [3.8, 4) is 0 Å². The molecule has 2 N–H and O–H groups in total. The molecule has 1 aromatic rings. The lowest BCUT2D eigenvalue weighted by Gasteiger charge is -2.12. The van der Waals surface area contributed by atoms with Crippen molar-refractivity contribution < 1.29 is 8.42 Å². The first-order chi connectivity index (χ1) is 7.47. The number of sulfonamides is 1. The Morgan fingerprint density at radius 1 is 1.25 bits per heavy atom. The summed E-state index contributed by atoms with van der Waals surface area (Å²) in [6.45, 7) is 4.37. The molecule has 1 aromatic carbocycles. The number of anilines is 1. The van der Waals surface area contributed by atoms with Gasteiger partial charge in [-0.2, -0.15) is 0 Å². The summed E-state index contributed by atoms with van der Waals surface area (Å²) in [5, 5.41) is 2.87. The second-order valence-electron chi connectivity index (χ2n) is 3.99. The summed E-state index contributed by atoms with van der Waals surface area (Å²) in [7, 11) is -1.71. The Balaban J connectivity index is 2.98. The average Bonchev–Trinajstić information content (AvgIpc) is 2.26. The van der Waals surface area contributed by atoms with Crippen LogP contribution in [0.25, 0.3) is 0 Å². The van der Waals surface area contributed by atoms with Gasteiger partial charge >= 0.3 is 0 Å². The van der Waals surface area contributed by atoms with E-state index in [0.29, 0.717) is 12.2 Å². The highest BCUT2D eigenvalue weighted by Gasteiger charge is 2.17. The molecular weight excluding hydrogens is 224 g/mol. The van der Waals surface area contributed by atoms with E-state index in [-0.39, 0.29) is 10.8 Å². The third kappa shape index (κ3) is 3.21. The van der Waals surface area contributed by atoms with Gasteiger partial charge < -0.3 is 5.32 Å². The molecule has 0 unspecified atom stereocenters. The summed E-state index contributed by atoms with van der Waals surface area (Å²) in [6.07, 6.45) is 0. The van der Waals surface area contributed by atoms with E-state index in [4.69, 9.17) is 0 Å². The van der Waals surface area contributed by atoms with Gasteiger partial charge in [-0.05, 0) is 18.1 Å². The lowest BCUT2D eigenvalue weighted by Crippen LogP contribution is -2.28. The van der Waals surface area contributed by atoms with Crippen LogP contribution in [0.15, 0.2) is 29.2 Å². The van der Waals surface area contributed by atoms with E-state index in [1.54, 1.807) is 31.3 Å². The molecule has 0 saturated carbocycles. The molecule has 90 valence electrons. The molecule has 0 aliphatic rings. The maximum absolute atomic E-state index is 12.0. The highest BCUT2D eigenvalue weighted by molar-refractivity contribution is 7.89. The lowest BCUT2D eigenvalue weighted by atomic mass is 10.2. The van der Waals surface area contributed by atoms with Crippen LogP contribution in [0.4, 0.5) is 5.69 Å². The van der Waals surface area contributed by atoms with Crippen molar-refractivity contribution in [2.24, 2.45) is 5.92 Å². The predicted octanol–water partition coefficient (Wildman–Crippen LogP) is 1.66. The van der Waals surface area contributed by atoms with Crippen LogP contribution in [0.2, 0.25) is 0 Å². The minimum atomic E-state index is -3.41. The molecule has 0 atom stereocenters. The molecule has 4 nitrogen and oxygen atoms in total. The number of hydrogen-bond acceptors (Lipinski definition) is 3. The fourth-order valence-corrected chi connectivity index (χ4v) is 2.69. The van der Waals surface area contributed by atoms with Gasteiger partial charge in [0.2, 0.25) is 10.0 Å². The summed E-state index contributed by atoms with van der Waals surface area (Å²) in [4.78, 5) is 0.290. The molecule has 0 aliphatic heterocycles. The van der Waals surface area contributed by atoms with E-state index in [1.807, 2.05) is 13.8 Å². The topological polar surface area (TPSA) is 58.2 Å². The highest BCUT2D eigenvalue weighted by atomic mass is 32.2. The second kappa shape index (κ2) is 5.32. The Hall–Kier alpha value is -1.07. The summed E-state index contributed by atoms with van der Waals surface area (Å²) < 4.78 is 26.5. The van der Waals surface area contributed by atoms with Crippen LogP contribution in [0.3, 0.4) is 0 Å². The zero-order valence-corrected chi connectivity index (χ0v) is 10.6. The summed E-state index contributed by atoms with van der Waals surface area (Å²) in [5.74, 6) is 0.288. The van der Waals surface area contributed by atoms with Gasteiger partial charge in [-0.15, -0.1) is 0 Å². The number of para-hydroxylation sites is 1. The highest BCUT2D eigenvalue weighted by Crippen LogP contribution is 2.19. The average molecular weight is 242 g/mol. The van der Waals surface area contributed by atoms with Crippen LogP contribution in [-0.4, -0.2) is 22.0 Å². The third-order valence-electron chi connectivity index (χ3n) is 2.13. The van der Waals surface area contributed by atoms with E-state index in [0.717, 1.165) is 0 Å². The molecule has 0 amide bonds. The van der Waals surface area contributed by atoms with Gasteiger partial charge in [0, 0.05) is 13.6 Å². The van der Waals surface area contributed by atoms with E-state index in [1.165, 1.54) is 0 Å². The normalized spacial score (nSPS) is 11.8. The molecule has 0 fully saturated rings. The van der Waals surface area contributed by atoms with E-state index in [9.17, 15) is 8.42 Å². The minimum absolute atomic E-state index is 0.288. The fraction of sp³-hybridized carbons (Fsp3) is 0.455. The second-order valence-corrected chi connectivity index (χ2v) is 5.73. The van der Waals surface area contributed by atoms with Crippen molar-refractivity contribution in [1.82, 2.24) is 4.72 Å². The van der Waals surface area contributed by atoms with Crippen LogP contribution in [0.1, 0.15) is 13.8 Å². The standard InChI is InChI=1S/C11H18N2O2S/c1-9(2)8-13-16(14,15)11-7-5-4-6-10(11)12-3/h4-7,9,12-13H,8H2,1-3H3. The van der Waals surface area contributed by atoms with Gasteiger partial charge in [-0.3, -0.25) is 0 Å². The summed E-state index contributed by atoms with van der Waals surface area (Å²) in [6, 6.07) is 6.84. The molecule has 0 spiro atoms. The van der Waals surface area contributed by atoms with Crippen molar-refractivity contribution in [1.29, 1.82) is 0 Å². The molecule has 1 rings (SSSR count). The Labute approximate surface area is 97.1 Å². The Morgan fingerprint density at radius 2 is 1.88 bits per heavy atom. The molecule has 0 radical (unpaired) electrons. The van der Waals surface area contributed by atoms with E-state index >= 15 is 0 Å². The van der Waals surface area contributed by atoms with Gasteiger partial charge in [0.25, 0.3) is 0 Å². The van der Waals surface area contributed by atoms with Crippen LogP contribution in [0.5, 0.6) is 0 Å². The number of benzene rings is 1. The van der Waals surface area contributed by atoms with Crippen LogP contribution >= 0.6 is 0 Å². The van der Waals surface area contributed by atoms with Gasteiger partial charge in [-0.25, -0.2) is 13.1 Å². The largest absolute Gasteiger partial charge is 0.387 e. The quantitative estimate of drug-likeness (QED) is 0.825. The molecule has 0 bridgehead atoms. The van der Waals surface area contributed by atoms with Crippen molar-refractivity contribution in [2.75, 3.05) is 18.9 Å². The monoisotopic (exact) mass is 242 g/mol. The maximum atomic E-state index is 12.0. The molecule has 0 aliphatic carbocycles. The Morgan fingerprint density at radius 3 is 2.44 bits per heavy atom. The molecule has 16 heavy (non-hydrogen) atoms. The van der Waals surface area contributed by atoms with E-state index < -0.39 is 10.0 Å². The fourth-order valence-electron chi connectivity index (χ4n) is 1.26.